The van der Waals surface area contributed by atoms with E-state index in [0.29, 0.717) is 0 Å². The van der Waals surface area contributed by atoms with Gasteiger partial charge in [0, 0.05) is 36.4 Å². The maximum atomic E-state index is 7.00. The van der Waals surface area contributed by atoms with Gasteiger partial charge in [0.1, 0.15) is 0 Å². The van der Waals surface area contributed by atoms with Crippen molar-refractivity contribution in [1.82, 2.24) is 4.90 Å². The van der Waals surface area contributed by atoms with Gasteiger partial charge in [0.2, 0.25) is 0 Å². The molecule has 41 heavy (non-hydrogen) atoms. The summed E-state index contributed by atoms with van der Waals surface area (Å²) in [6, 6.07) is 23.4. The van der Waals surface area contributed by atoms with Gasteiger partial charge in [-0.2, -0.15) is 0 Å². The largest absolute Gasteiger partial charge is 0.400 e. The van der Waals surface area contributed by atoms with Gasteiger partial charge in [0.25, 0.3) is 0 Å². The third-order valence-electron chi connectivity index (χ3n) is 7.27. The zero-order chi connectivity index (χ0) is 29.6. The minimum atomic E-state index is 0.762. The molecule has 2 unspecified atom stereocenters. The number of rotatable bonds is 4. The quantitative estimate of drug-likeness (QED) is 0.339. The first-order valence-electron chi connectivity index (χ1n) is 14.6. The molecule has 2 aliphatic carbocycles. The van der Waals surface area contributed by atoms with E-state index in [4.69, 9.17) is 11.5 Å². The lowest BCUT2D eigenvalue weighted by Crippen LogP contribution is -2.24. The van der Waals surface area contributed by atoms with Crippen LogP contribution in [0.1, 0.15) is 58.7 Å². The first-order valence-corrected chi connectivity index (χ1v) is 14.6. The maximum Gasteiger partial charge on any atom is 0.0799 e. The van der Waals surface area contributed by atoms with Gasteiger partial charge in [0.05, 0.1) is 6.54 Å². The molecule has 1 heterocycles. The highest BCUT2D eigenvalue weighted by Crippen LogP contribution is 2.48. The van der Waals surface area contributed by atoms with Crippen LogP contribution >= 0.6 is 0 Å². The second kappa shape index (κ2) is 16.3. The molecule has 3 aromatic rings. The molecule has 0 spiro atoms. The second-order valence-corrected chi connectivity index (χ2v) is 10.6. The van der Waals surface area contributed by atoms with Crippen LogP contribution in [0.4, 0.5) is 0 Å². The molecule has 2 heteroatoms. The summed E-state index contributed by atoms with van der Waals surface area (Å²) in [5.41, 5.74) is 10.3. The van der Waals surface area contributed by atoms with E-state index in [9.17, 15) is 0 Å². The average molecular weight is 543 g/mol. The molecular weight excluding hydrogens is 498 g/mol. The summed E-state index contributed by atoms with van der Waals surface area (Å²) in [6.45, 7) is 11.6. The van der Waals surface area contributed by atoms with E-state index >= 15 is 0 Å². The van der Waals surface area contributed by atoms with Gasteiger partial charge in [-0.25, -0.2) is 0 Å². The minimum Gasteiger partial charge on any atom is -0.400 e. The zero-order valence-electron chi connectivity index (χ0n) is 25.2. The molecule has 1 aliphatic heterocycles. The monoisotopic (exact) mass is 542 g/mol. The van der Waals surface area contributed by atoms with E-state index in [-0.39, 0.29) is 0 Å². The molecule has 211 valence electrons. The summed E-state index contributed by atoms with van der Waals surface area (Å²) in [6.07, 6.45) is 16.7. The Bertz CT molecular complexity index is 1430. The molecule has 1 saturated carbocycles. The van der Waals surface area contributed by atoms with E-state index < -0.39 is 0 Å². The fourth-order valence-electron chi connectivity index (χ4n) is 5.17. The Hall–Kier alpha value is -3.98. The summed E-state index contributed by atoms with van der Waals surface area (Å²) < 4.78 is 0. The average Bonchev–Trinajstić information content (AvgIpc) is 3.82. The van der Waals surface area contributed by atoms with Gasteiger partial charge >= 0.3 is 0 Å². The fourth-order valence-corrected chi connectivity index (χ4v) is 5.17. The van der Waals surface area contributed by atoms with Crippen LogP contribution in [0.3, 0.4) is 0 Å². The van der Waals surface area contributed by atoms with Gasteiger partial charge in [-0.1, -0.05) is 116 Å². The first kappa shape index (κ1) is 31.5. The molecule has 0 aromatic heterocycles. The van der Waals surface area contributed by atoms with Gasteiger partial charge in [-0.05, 0) is 73.9 Å². The Morgan fingerprint density at radius 3 is 2.44 bits per heavy atom. The molecule has 3 aliphatic rings. The van der Waals surface area contributed by atoms with Crippen molar-refractivity contribution in [1.29, 1.82) is 0 Å². The lowest BCUT2D eigenvalue weighted by atomic mass is 9.98. The van der Waals surface area contributed by atoms with Crippen molar-refractivity contribution >= 4 is 0 Å². The molecule has 1 radical (unpaired) electrons. The predicted molar refractivity (Wildman–Crippen MR) is 174 cm³/mol. The number of terminal acetylenes is 1. The molecule has 1 N–H and O–H groups in total. The number of hydrogen-bond donors (Lipinski definition) is 1. The topological polar surface area (TPSA) is 23.5 Å². The Kier molecular flexibility index (Phi) is 12.6. The van der Waals surface area contributed by atoms with Crippen LogP contribution < -0.4 is 0 Å². The summed E-state index contributed by atoms with van der Waals surface area (Å²) in [5, 5.41) is 7.00. The van der Waals surface area contributed by atoms with Crippen LogP contribution in [0.5, 0.6) is 0 Å². The van der Waals surface area contributed by atoms with E-state index in [2.05, 4.69) is 116 Å². The van der Waals surface area contributed by atoms with Gasteiger partial charge < -0.3 is 10.0 Å². The minimum absolute atomic E-state index is 0.762. The van der Waals surface area contributed by atoms with Crippen LogP contribution in [0.2, 0.25) is 0 Å². The zero-order valence-corrected chi connectivity index (χ0v) is 25.2. The SMILES string of the molecule is C#Cc1ccc(C)cc1CCc1ccccc1.CO.Cc1ccc2c(c1)CN(C1=CC=CC3CC13)CC#C2.[CH2]CC. The highest BCUT2D eigenvalue weighted by atomic mass is 16.2. The predicted octanol–water partition coefficient (Wildman–Crippen LogP) is 7.85. The molecule has 2 atom stereocenters. The Labute approximate surface area is 248 Å². The fraction of sp³-hybridized carbons (Fsp3) is 0.308. The number of nitrogens with zero attached hydrogens (tertiary/aromatic N) is 1. The summed E-state index contributed by atoms with van der Waals surface area (Å²) in [5.74, 6) is 11.0. The molecule has 0 amide bonds. The van der Waals surface area contributed by atoms with Crippen LogP contribution in [-0.4, -0.2) is 23.7 Å². The molecule has 2 nitrogen and oxygen atoms in total. The van der Waals surface area contributed by atoms with Crippen LogP contribution in [-0.2, 0) is 19.4 Å². The van der Waals surface area contributed by atoms with Crippen molar-refractivity contribution in [2.45, 2.75) is 53.0 Å². The highest BCUT2D eigenvalue weighted by molar-refractivity contribution is 5.46. The standard InChI is InChI=1S/C18H17N.C17H16.C3H7.CH4O/c1-13-7-8-14-5-3-9-19(12-16(14)10-13)18-6-2-4-15-11-17(15)18;1-3-16-11-9-14(2)13-17(16)12-10-15-7-5-4-6-8-15;1-3-2;1-2/h2,4,6-8,10,15,17H,9,11-12H2,1H3;1,4-9,11,13H,10,12H2,2H3;1,3H2,2H3;2H,1H3. The van der Waals surface area contributed by atoms with Crippen molar-refractivity contribution < 1.29 is 5.11 Å². The smallest absolute Gasteiger partial charge is 0.0799 e. The summed E-state index contributed by atoms with van der Waals surface area (Å²) in [4.78, 5) is 2.46. The number of fused-ring (bicyclic) bond motifs is 2. The van der Waals surface area contributed by atoms with Crippen molar-refractivity contribution in [3.63, 3.8) is 0 Å². The number of aliphatic hydroxyl groups is 1. The Morgan fingerprint density at radius 2 is 1.71 bits per heavy atom. The van der Waals surface area contributed by atoms with E-state index in [1.54, 1.807) is 0 Å². The number of aryl methyl sites for hydroxylation is 4. The third-order valence-corrected chi connectivity index (χ3v) is 7.27. The van der Waals surface area contributed by atoms with Crippen molar-refractivity contribution in [2.24, 2.45) is 11.8 Å². The van der Waals surface area contributed by atoms with Gasteiger partial charge in [0.15, 0.2) is 0 Å². The van der Waals surface area contributed by atoms with Gasteiger partial charge in [-0.3, -0.25) is 0 Å². The van der Waals surface area contributed by atoms with Crippen LogP contribution in [0, 0.1) is 56.8 Å². The normalized spacial score (nSPS) is 17.0. The maximum absolute atomic E-state index is 7.00. The lowest BCUT2D eigenvalue weighted by molar-refractivity contribution is 0.355. The van der Waals surface area contributed by atoms with Crippen molar-refractivity contribution in [2.75, 3.05) is 13.7 Å². The summed E-state index contributed by atoms with van der Waals surface area (Å²) >= 11 is 0. The number of aliphatic hydroxyl groups excluding tert-OH is 1. The molecule has 0 saturated heterocycles. The number of hydrogen-bond acceptors (Lipinski definition) is 2. The highest BCUT2D eigenvalue weighted by Gasteiger charge is 2.41. The Morgan fingerprint density at radius 1 is 1.00 bits per heavy atom. The van der Waals surface area contributed by atoms with E-state index in [1.807, 2.05) is 19.1 Å². The molecule has 3 aromatic carbocycles. The van der Waals surface area contributed by atoms with E-state index in [0.717, 1.165) is 56.9 Å². The third kappa shape index (κ3) is 9.28. The number of benzene rings is 3. The van der Waals surface area contributed by atoms with Gasteiger partial charge in [-0.15, -0.1) is 6.42 Å². The molecule has 6 rings (SSSR count). The second-order valence-electron chi connectivity index (χ2n) is 10.6. The molecule has 0 bridgehead atoms. The lowest BCUT2D eigenvalue weighted by Gasteiger charge is -2.26. The summed E-state index contributed by atoms with van der Waals surface area (Å²) in [7, 11) is 1.00. The number of allylic oxidation sites excluding steroid dienone is 4. The van der Waals surface area contributed by atoms with Crippen molar-refractivity contribution in [3.05, 3.63) is 137 Å². The van der Waals surface area contributed by atoms with E-state index in [1.165, 1.54) is 45.5 Å². The van der Waals surface area contributed by atoms with Crippen LogP contribution in [0.25, 0.3) is 0 Å². The first-order chi connectivity index (χ1) is 20.0. The van der Waals surface area contributed by atoms with Crippen molar-refractivity contribution in [3.8, 4) is 24.2 Å². The van der Waals surface area contributed by atoms with Crippen LogP contribution in [0.15, 0.2) is 90.7 Å². The Balaban J connectivity index is 0.000000197. The molecule has 1 fully saturated rings. The molecular formula is C39H44NO.